The lowest BCUT2D eigenvalue weighted by Gasteiger charge is -1.98. The molecule has 0 amide bonds. The van der Waals surface area contributed by atoms with Gasteiger partial charge < -0.3 is 0 Å². The minimum atomic E-state index is -1.02. The molecule has 0 saturated carbocycles. The molecule has 82 valence electrons. The van der Waals surface area contributed by atoms with Gasteiger partial charge in [0.2, 0.25) is 0 Å². The topological polar surface area (TPSA) is 129 Å². The zero-order valence-corrected chi connectivity index (χ0v) is 7.52. The fourth-order valence-corrected chi connectivity index (χ4v) is 1.02. The Balaban J connectivity index is 3.57. The maximum atomic E-state index is 10.5. The van der Waals surface area contributed by atoms with Crippen molar-refractivity contribution < 1.29 is 14.8 Å². The summed E-state index contributed by atoms with van der Waals surface area (Å²) in [6.07, 6.45) is 0. The van der Waals surface area contributed by atoms with Gasteiger partial charge in [-0.3, -0.25) is 30.3 Å². The van der Waals surface area contributed by atoms with Crippen molar-refractivity contribution >= 4 is 17.1 Å². The molecule has 0 saturated heterocycles. The van der Waals surface area contributed by atoms with Crippen molar-refractivity contribution in [2.75, 3.05) is 0 Å². The highest BCUT2D eigenvalue weighted by molar-refractivity contribution is 5.61. The summed E-state index contributed by atoms with van der Waals surface area (Å²) in [5, 5.41) is 31.3. The molecule has 1 aromatic carbocycles. The van der Waals surface area contributed by atoms with E-state index in [2.05, 4.69) is 0 Å². The van der Waals surface area contributed by atoms with E-state index in [1.54, 1.807) is 0 Å². The number of benzene rings is 1. The van der Waals surface area contributed by atoms with Crippen LogP contribution in [0.4, 0.5) is 17.1 Å². The van der Waals surface area contributed by atoms with Gasteiger partial charge in [0.1, 0.15) is 5.56 Å². The summed E-state index contributed by atoms with van der Waals surface area (Å²) in [7, 11) is 0. The Kier molecular flexibility index (Phi) is 2.79. The number of hydrogen-bond acceptors (Lipinski definition) is 6. The first-order chi connectivity index (χ1) is 7.34. The molecule has 0 bridgehead atoms. The highest BCUT2D eigenvalue weighted by atomic mass is 16.6. The molecular weight excluding hydrogens is 222 g/mol. The first-order valence-electron chi connectivity index (χ1n) is 3.71. The highest BCUT2D eigenvalue weighted by Crippen LogP contribution is 2.32. The molecule has 0 N–H and O–H groups in total. The van der Waals surface area contributed by atoms with E-state index >= 15 is 0 Å². The average Bonchev–Trinajstić information content (AvgIpc) is 2.16. The van der Waals surface area contributed by atoms with Crippen LogP contribution in [0.15, 0.2) is 12.1 Å². The predicted molar refractivity (Wildman–Crippen MR) is 49.8 cm³/mol. The molecule has 2 radical (unpaired) electrons. The van der Waals surface area contributed by atoms with E-state index in [1.165, 1.54) is 0 Å². The van der Waals surface area contributed by atoms with E-state index in [1.807, 2.05) is 0 Å². The number of rotatable bonds is 3. The maximum Gasteiger partial charge on any atom is 0.286 e. The molecule has 1 rings (SSSR count). The fourth-order valence-electron chi connectivity index (χ4n) is 1.02. The van der Waals surface area contributed by atoms with Crippen molar-refractivity contribution in [3.05, 3.63) is 55.0 Å². The Morgan fingerprint density at radius 3 is 1.50 bits per heavy atom. The van der Waals surface area contributed by atoms with Gasteiger partial charge in [-0.05, 0) is 0 Å². The van der Waals surface area contributed by atoms with Crippen LogP contribution in [0.1, 0.15) is 5.56 Å². The zero-order chi connectivity index (χ0) is 12.5. The zero-order valence-electron chi connectivity index (χ0n) is 7.52. The molecule has 0 heterocycles. The molecule has 0 fully saturated rings. The van der Waals surface area contributed by atoms with Crippen LogP contribution in [-0.4, -0.2) is 14.8 Å². The quantitative estimate of drug-likeness (QED) is 0.565. The molecule has 1 aromatic rings. The highest BCUT2D eigenvalue weighted by Gasteiger charge is 2.27. The lowest BCUT2D eigenvalue weighted by molar-refractivity contribution is -0.403. The van der Waals surface area contributed by atoms with E-state index < -0.39 is 37.4 Å². The normalized spacial score (nSPS) is 9.81. The Labute approximate surface area is 87.8 Å². The van der Waals surface area contributed by atoms with Crippen LogP contribution in [0.3, 0.4) is 0 Å². The van der Waals surface area contributed by atoms with E-state index in [-0.39, 0.29) is 0 Å². The number of nitro groups is 3. The fraction of sp³-hybridized carbons (Fsp3) is 0. The second kappa shape index (κ2) is 3.88. The van der Waals surface area contributed by atoms with Gasteiger partial charge in [-0.25, -0.2) is 0 Å². The van der Waals surface area contributed by atoms with Crippen molar-refractivity contribution in [1.29, 1.82) is 0 Å². The Bertz CT molecular complexity index is 462. The summed E-state index contributed by atoms with van der Waals surface area (Å²) < 4.78 is 0. The van der Waals surface area contributed by atoms with E-state index in [0.717, 1.165) is 0 Å². The molecule has 9 nitrogen and oxygen atoms in total. The summed E-state index contributed by atoms with van der Waals surface area (Å²) in [5.41, 5.74) is -3.19. The molecule has 9 heteroatoms. The molecular formula is C7H3N3O6. The van der Waals surface area contributed by atoms with Crippen molar-refractivity contribution in [1.82, 2.24) is 0 Å². The van der Waals surface area contributed by atoms with Gasteiger partial charge in [0.05, 0.1) is 26.9 Å². The maximum absolute atomic E-state index is 10.5. The third kappa shape index (κ3) is 1.92. The average molecular weight is 225 g/mol. The number of nitrogens with zero attached hydrogens (tertiary/aromatic N) is 3. The van der Waals surface area contributed by atoms with E-state index in [4.69, 9.17) is 6.92 Å². The SMILES string of the molecule is [CH]c1c([N+](=O)[O-])cc([N+](=O)[O-])cc1[N+](=O)[O-]. The van der Waals surface area contributed by atoms with Crippen molar-refractivity contribution in [2.45, 2.75) is 0 Å². The van der Waals surface area contributed by atoms with Crippen LogP contribution in [0, 0.1) is 37.3 Å². The van der Waals surface area contributed by atoms with Gasteiger partial charge >= 0.3 is 0 Å². The van der Waals surface area contributed by atoms with Crippen LogP contribution >= 0.6 is 0 Å². The summed E-state index contributed by atoms with van der Waals surface area (Å²) in [5.74, 6) is 0. The van der Waals surface area contributed by atoms with Crippen molar-refractivity contribution in [3.8, 4) is 0 Å². The van der Waals surface area contributed by atoms with E-state index in [9.17, 15) is 30.3 Å². The number of hydrogen-bond donors (Lipinski definition) is 0. The Morgan fingerprint density at radius 2 is 1.25 bits per heavy atom. The summed E-state index contributed by atoms with van der Waals surface area (Å²) >= 11 is 0. The second-order valence-electron chi connectivity index (χ2n) is 2.67. The first-order valence-corrected chi connectivity index (χ1v) is 3.71. The summed E-state index contributed by atoms with van der Waals surface area (Å²) in [4.78, 5) is 28.3. The molecule has 0 unspecified atom stereocenters. The third-order valence-corrected chi connectivity index (χ3v) is 1.73. The number of nitro benzene ring substituents is 3. The molecule has 0 aliphatic carbocycles. The van der Waals surface area contributed by atoms with Gasteiger partial charge in [-0.15, -0.1) is 0 Å². The molecule has 0 spiro atoms. The van der Waals surface area contributed by atoms with Gasteiger partial charge in [0.15, 0.2) is 0 Å². The molecule has 16 heavy (non-hydrogen) atoms. The van der Waals surface area contributed by atoms with Gasteiger partial charge in [0.25, 0.3) is 17.1 Å². The lowest BCUT2D eigenvalue weighted by atomic mass is 10.1. The summed E-state index contributed by atoms with van der Waals surface area (Å²) in [6.45, 7) is 5.15. The standard InChI is InChI=1S/C7H3N3O6/c1-4-6(9(13)14)2-5(8(11)12)3-7(4)10(15)16/h1-3H. The first kappa shape index (κ1) is 11.5. The minimum absolute atomic E-state index is 0.572. The van der Waals surface area contributed by atoms with Gasteiger partial charge in [0, 0.05) is 6.92 Å². The van der Waals surface area contributed by atoms with Crippen LogP contribution < -0.4 is 0 Å². The molecule has 0 aliphatic heterocycles. The Morgan fingerprint density at radius 1 is 0.875 bits per heavy atom. The van der Waals surface area contributed by atoms with Gasteiger partial charge in [-0.2, -0.15) is 0 Å². The molecule has 0 aliphatic rings. The van der Waals surface area contributed by atoms with Gasteiger partial charge in [-0.1, -0.05) is 0 Å². The van der Waals surface area contributed by atoms with Crippen LogP contribution in [0.5, 0.6) is 0 Å². The lowest BCUT2D eigenvalue weighted by Crippen LogP contribution is -2.00. The van der Waals surface area contributed by atoms with Crippen LogP contribution in [0.25, 0.3) is 0 Å². The third-order valence-electron chi connectivity index (χ3n) is 1.73. The van der Waals surface area contributed by atoms with E-state index in [0.29, 0.717) is 12.1 Å². The largest absolute Gasteiger partial charge is 0.286 e. The van der Waals surface area contributed by atoms with Crippen LogP contribution in [-0.2, 0) is 0 Å². The smallest absolute Gasteiger partial charge is 0.258 e. The molecule has 0 atom stereocenters. The van der Waals surface area contributed by atoms with Crippen molar-refractivity contribution in [2.24, 2.45) is 0 Å². The predicted octanol–water partition coefficient (Wildman–Crippen LogP) is 1.47. The van der Waals surface area contributed by atoms with Crippen molar-refractivity contribution in [3.63, 3.8) is 0 Å². The number of non-ortho nitro benzene ring substituents is 1. The molecule has 0 aromatic heterocycles. The minimum Gasteiger partial charge on any atom is -0.258 e. The van der Waals surface area contributed by atoms with Crippen LogP contribution in [0.2, 0.25) is 0 Å². The summed E-state index contributed by atoms with van der Waals surface area (Å²) in [6, 6.07) is 1.14. The monoisotopic (exact) mass is 225 g/mol. The Hall–Kier alpha value is -2.58. The second-order valence-corrected chi connectivity index (χ2v) is 2.67.